The largest absolute Gasteiger partial charge is 0.495 e. The fourth-order valence-corrected chi connectivity index (χ4v) is 7.90. The van der Waals surface area contributed by atoms with E-state index < -0.39 is 32.5 Å². The Morgan fingerprint density at radius 1 is 0.929 bits per heavy atom. The number of carbonyl (C=O) groups excluding carboxylic acids is 1. The molecular formula is C30H37N3O7S2. The van der Waals surface area contributed by atoms with Gasteiger partial charge in [0.25, 0.3) is 10.0 Å². The van der Waals surface area contributed by atoms with E-state index in [9.17, 15) is 21.6 Å². The average molecular weight is 616 g/mol. The quantitative estimate of drug-likeness (QED) is 0.326. The third-order valence-corrected chi connectivity index (χ3v) is 10.7. The molecule has 4 rings (SSSR count). The number of ether oxygens (including phenoxy) is 2. The summed E-state index contributed by atoms with van der Waals surface area (Å²) in [5.41, 5.74) is 1.68. The second kappa shape index (κ2) is 13.6. The zero-order chi connectivity index (χ0) is 30.3. The summed E-state index contributed by atoms with van der Waals surface area (Å²) < 4.78 is 67.1. The summed E-state index contributed by atoms with van der Waals surface area (Å²) >= 11 is 0. The third-order valence-electron chi connectivity index (χ3n) is 6.98. The van der Waals surface area contributed by atoms with Crippen molar-refractivity contribution >= 4 is 31.6 Å². The van der Waals surface area contributed by atoms with Crippen LogP contribution in [0.15, 0.2) is 76.5 Å². The summed E-state index contributed by atoms with van der Waals surface area (Å²) in [6, 6.07) is 17.6. The number of aryl methyl sites for hydroxylation is 1. The van der Waals surface area contributed by atoms with Crippen LogP contribution in [-0.4, -0.2) is 60.4 Å². The van der Waals surface area contributed by atoms with Gasteiger partial charge in [0.15, 0.2) is 0 Å². The maximum absolute atomic E-state index is 13.9. The van der Waals surface area contributed by atoms with E-state index in [1.807, 2.05) is 6.92 Å². The second-order valence-electron chi connectivity index (χ2n) is 9.98. The first-order valence-electron chi connectivity index (χ1n) is 13.8. The van der Waals surface area contributed by atoms with Crippen molar-refractivity contribution in [3.05, 3.63) is 77.9 Å². The van der Waals surface area contributed by atoms with Crippen LogP contribution in [-0.2, 0) is 31.4 Å². The predicted octanol–water partition coefficient (Wildman–Crippen LogP) is 4.09. The molecule has 3 aromatic rings. The lowest BCUT2D eigenvalue weighted by molar-refractivity contribution is -0.119. The summed E-state index contributed by atoms with van der Waals surface area (Å²) in [5.74, 6) is 0.197. The van der Waals surface area contributed by atoms with E-state index in [0.29, 0.717) is 31.0 Å². The number of rotatable bonds is 12. The Kier molecular flexibility index (Phi) is 10.1. The molecule has 226 valence electrons. The van der Waals surface area contributed by atoms with Gasteiger partial charge in [-0.2, -0.15) is 4.31 Å². The van der Waals surface area contributed by atoms with Gasteiger partial charge in [0.2, 0.25) is 15.9 Å². The zero-order valence-electron chi connectivity index (χ0n) is 24.1. The monoisotopic (exact) mass is 615 g/mol. The van der Waals surface area contributed by atoms with Crippen LogP contribution in [0.2, 0.25) is 0 Å². The van der Waals surface area contributed by atoms with E-state index in [-0.39, 0.29) is 27.8 Å². The summed E-state index contributed by atoms with van der Waals surface area (Å²) in [6.07, 6.45) is 2.73. The molecule has 0 bridgehead atoms. The van der Waals surface area contributed by atoms with Crippen molar-refractivity contribution in [2.75, 3.05) is 37.7 Å². The second-order valence-corrected chi connectivity index (χ2v) is 13.7. The lowest BCUT2D eigenvalue weighted by Gasteiger charge is -2.26. The molecule has 1 amide bonds. The first kappa shape index (κ1) is 31.3. The Labute approximate surface area is 248 Å². The fourth-order valence-electron chi connectivity index (χ4n) is 4.72. The standard InChI is InChI=1S/C30H37N3O7S2/c1-4-40-26-13-11-25(12-14-26)33(42(37,38)29-20-23(2)8-17-28(29)39-3)22-30(34)31-21-24-9-15-27(16-10-24)41(35,36)32-18-6-5-7-19-32/h8-17,20H,4-7,18-19,21-22H2,1-3H3,(H,31,34). The van der Waals surface area contributed by atoms with Crippen LogP contribution in [0.25, 0.3) is 0 Å². The Morgan fingerprint density at radius 3 is 2.21 bits per heavy atom. The summed E-state index contributed by atoms with van der Waals surface area (Å²) in [4.78, 5) is 13.3. The predicted molar refractivity (Wildman–Crippen MR) is 161 cm³/mol. The molecule has 1 heterocycles. The van der Waals surface area contributed by atoms with E-state index in [1.54, 1.807) is 55.5 Å². The summed E-state index contributed by atoms with van der Waals surface area (Å²) in [5, 5.41) is 2.76. The lowest BCUT2D eigenvalue weighted by atomic mass is 10.2. The molecule has 0 saturated carbocycles. The van der Waals surface area contributed by atoms with Crippen molar-refractivity contribution in [1.29, 1.82) is 0 Å². The Hall–Kier alpha value is -3.61. The highest BCUT2D eigenvalue weighted by molar-refractivity contribution is 7.93. The molecule has 0 spiro atoms. The highest BCUT2D eigenvalue weighted by Crippen LogP contribution is 2.31. The minimum atomic E-state index is -4.22. The topological polar surface area (TPSA) is 122 Å². The van der Waals surface area contributed by atoms with Gasteiger partial charge < -0.3 is 14.8 Å². The van der Waals surface area contributed by atoms with Crippen LogP contribution in [0, 0.1) is 6.92 Å². The number of nitrogens with one attached hydrogen (secondary N) is 1. The number of nitrogens with zero attached hydrogens (tertiary/aromatic N) is 2. The molecule has 0 unspecified atom stereocenters. The number of amides is 1. The maximum atomic E-state index is 13.9. The molecule has 10 nitrogen and oxygen atoms in total. The first-order chi connectivity index (χ1) is 20.1. The van der Waals surface area contributed by atoms with Crippen LogP contribution in [0.4, 0.5) is 5.69 Å². The SMILES string of the molecule is CCOc1ccc(N(CC(=O)NCc2ccc(S(=O)(=O)N3CCCCC3)cc2)S(=O)(=O)c2cc(C)ccc2OC)cc1. The number of methoxy groups -OCH3 is 1. The van der Waals surface area contributed by atoms with Crippen LogP contribution < -0.4 is 19.1 Å². The Bertz CT molecular complexity index is 1580. The molecule has 1 aliphatic heterocycles. The number of benzene rings is 3. The molecule has 1 saturated heterocycles. The number of piperidine rings is 1. The highest BCUT2D eigenvalue weighted by atomic mass is 32.2. The minimum absolute atomic E-state index is 0.0582. The van der Waals surface area contributed by atoms with E-state index in [0.717, 1.165) is 29.1 Å². The van der Waals surface area contributed by atoms with Crippen molar-refractivity contribution in [2.24, 2.45) is 0 Å². The van der Waals surface area contributed by atoms with Gasteiger partial charge in [0.05, 0.1) is 24.3 Å². The number of hydrogen-bond donors (Lipinski definition) is 1. The van der Waals surface area contributed by atoms with Gasteiger partial charge in [0, 0.05) is 19.6 Å². The van der Waals surface area contributed by atoms with Crippen molar-refractivity contribution in [3.63, 3.8) is 0 Å². The molecule has 3 aromatic carbocycles. The first-order valence-corrected chi connectivity index (χ1v) is 16.7. The Morgan fingerprint density at radius 2 is 1.60 bits per heavy atom. The van der Waals surface area contributed by atoms with Crippen molar-refractivity contribution in [2.45, 2.75) is 49.4 Å². The minimum Gasteiger partial charge on any atom is -0.495 e. The number of carbonyl (C=O) groups is 1. The van der Waals surface area contributed by atoms with Gasteiger partial charge in [-0.3, -0.25) is 9.10 Å². The smallest absolute Gasteiger partial charge is 0.268 e. The van der Waals surface area contributed by atoms with Crippen LogP contribution in [0.1, 0.15) is 37.3 Å². The molecule has 1 fully saturated rings. The molecule has 1 N–H and O–H groups in total. The zero-order valence-corrected chi connectivity index (χ0v) is 25.7. The molecule has 0 atom stereocenters. The van der Waals surface area contributed by atoms with Gasteiger partial charge in [-0.1, -0.05) is 24.6 Å². The molecule has 12 heteroatoms. The van der Waals surface area contributed by atoms with Gasteiger partial charge >= 0.3 is 0 Å². The van der Waals surface area contributed by atoms with Crippen molar-refractivity contribution in [3.8, 4) is 11.5 Å². The summed E-state index contributed by atoms with van der Waals surface area (Å²) in [6.45, 7) is 4.71. The van der Waals surface area contributed by atoms with Gasteiger partial charge in [-0.25, -0.2) is 16.8 Å². The number of hydrogen-bond acceptors (Lipinski definition) is 7. The van der Waals surface area contributed by atoms with E-state index >= 15 is 0 Å². The van der Waals surface area contributed by atoms with Gasteiger partial charge in [-0.05, 0) is 86.3 Å². The van der Waals surface area contributed by atoms with E-state index in [4.69, 9.17) is 9.47 Å². The average Bonchev–Trinajstić information content (AvgIpc) is 3.00. The van der Waals surface area contributed by atoms with E-state index in [2.05, 4.69) is 5.32 Å². The number of anilines is 1. The van der Waals surface area contributed by atoms with Gasteiger partial charge in [-0.15, -0.1) is 0 Å². The lowest BCUT2D eigenvalue weighted by Crippen LogP contribution is -2.40. The van der Waals surface area contributed by atoms with Crippen molar-refractivity contribution in [1.82, 2.24) is 9.62 Å². The molecular weight excluding hydrogens is 578 g/mol. The Balaban J connectivity index is 1.52. The molecule has 1 aliphatic rings. The van der Waals surface area contributed by atoms with Crippen molar-refractivity contribution < 1.29 is 31.1 Å². The third kappa shape index (κ3) is 7.23. The van der Waals surface area contributed by atoms with Crippen LogP contribution in [0.5, 0.6) is 11.5 Å². The fraction of sp³-hybridized carbons (Fsp3) is 0.367. The molecule has 0 aromatic heterocycles. The van der Waals surface area contributed by atoms with E-state index in [1.165, 1.54) is 29.6 Å². The van der Waals surface area contributed by atoms with Crippen LogP contribution >= 0.6 is 0 Å². The number of sulfonamides is 2. The van der Waals surface area contributed by atoms with Crippen LogP contribution in [0.3, 0.4) is 0 Å². The normalized spacial score (nSPS) is 14.3. The summed E-state index contributed by atoms with van der Waals surface area (Å²) in [7, 11) is -6.39. The molecule has 42 heavy (non-hydrogen) atoms. The highest BCUT2D eigenvalue weighted by Gasteiger charge is 2.30. The molecule has 0 aliphatic carbocycles. The van der Waals surface area contributed by atoms with Gasteiger partial charge in [0.1, 0.15) is 22.9 Å². The molecule has 0 radical (unpaired) electrons. The maximum Gasteiger partial charge on any atom is 0.268 e.